The largest absolute Gasteiger partial charge is 0.496 e. The number of hydrogen-bond donors (Lipinski definition) is 0. The molecule has 0 spiro atoms. The molecule has 2 atom stereocenters. The Morgan fingerprint density at radius 2 is 2.17 bits per heavy atom. The van der Waals surface area contributed by atoms with Crippen LogP contribution in [0.4, 0.5) is 0 Å². The van der Waals surface area contributed by atoms with Crippen molar-refractivity contribution < 1.29 is 14.3 Å². The summed E-state index contributed by atoms with van der Waals surface area (Å²) in [4.78, 5) is 16.6. The summed E-state index contributed by atoms with van der Waals surface area (Å²) in [6.07, 6.45) is 1.43. The Morgan fingerprint density at radius 3 is 2.78 bits per heavy atom. The van der Waals surface area contributed by atoms with Gasteiger partial charge in [0.15, 0.2) is 0 Å². The number of halogens is 1. The van der Waals surface area contributed by atoms with Crippen molar-refractivity contribution in [3.8, 4) is 5.75 Å². The first-order valence-electron chi connectivity index (χ1n) is 7.74. The molecular weight excluding hydrogens is 316 g/mol. The van der Waals surface area contributed by atoms with Crippen LogP contribution in [0.5, 0.6) is 5.75 Å². The fourth-order valence-corrected chi connectivity index (χ4v) is 3.25. The number of nitrogens with zero attached hydrogens (tertiary/aromatic N) is 2. The molecule has 5 nitrogen and oxygen atoms in total. The molecule has 0 bridgehead atoms. The minimum atomic E-state index is 0.0330. The predicted octanol–water partition coefficient (Wildman–Crippen LogP) is 2.07. The van der Waals surface area contributed by atoms with Gasteiger partial charge in [0.1, 0.15) is 5.75 Å². The Labute approximate surface area is 143 Å². The lowest BCUT2D eigenvalue weighted by molar-refractivity contribution is -0.129. The Bertz CT molecular complexity index is 553. The predicted molar refractivity (Wildman–Crippen MR) is 91.2 cm³/mol. The fourth-order valence-electron chi connectivity index (χ4n) is 3.02. The number of rotatable bonds is 6. The molecule has 128 valence electrons. The molecular formula is C17H25ClN2O3. The van der Waals surface area contributed by atoms with Crippen molar-refractivity contribution in [1.82, 2.24) is 9.80 Å². The number of benzene rings is 1. The van der Waals surface area contributed by atoms with Gasteiger partial charge in [-0.25, -0.2) is 0 Å². The van der Waals surface area contributed by atoms with Gasteiger partial charge in [0.05, 0.1) is 19.6 Å². The zero-order chi connectivity index (χ0) is 17.0. The topological polar surface area (TPSA) is 42.0 Å². The normalized spacial score (nSPS) is 21.4. The Balaban J connectivity index is 1.98. The molecule has 0 saturated carbocycles. The van der Waals surface area contributed by atoms with Gasteiger partial charge in [-0.1, -0.05) is 17.7 Å². The van der Waals surface area contributed by atoms with Crippen molar-refractivity contribution in [3.63, 3.8) is 0 Å². The number of likely N-dealkylation sites (N-methyl/N-ethyl adjacent to an activating group) is 2. The van der Waals surface area contributed by atoms with Crippen molar-refractivity contribution in [2.75, 3.05) is 41.4 Å². The lowest BCUT2D eigenvalue weighted by Gasteiger charge is -2.26. The Hall–Kier alpha value is -1.30. The highest BCUT2D eigenvalue weighted by atomic mass is 35.5. The minimum Gasteiger partial charge on any atom is -0.496 e. The van der Waals surface area contributed by atoms with E-state index in [1.165, 1.54) is 0 Å². The molecule has 1 fully saturated rings. The van der Waals surface area contributed by atoms with Crippen LogP contribution in [0.25, 0.3) is 0 Å². The second-order valence-electron chi connectivity index (χ2n) is 6.06. The van der Waals surface area contributed by atoms with Crippen LogP contribution < -0.4 is 4.74 Å². The van der Waals surface area contributed by atoms with Gasteiger partial charge in [0.25, 0.3) is 0 Å². The third-order valence-corrected chi connectivity index (χ3v) is 4.87. The monoisotopic (exact) mass is 340 g/mol. The molecule has 1 aliphatic rings. The smallest absolute Gasteiger partial charge is 0.226 e. The summed E-state index contributed by atoms with van der Waals surface area (Å²) in [6, 6.07) is 5.74. The first-order chi connectivity index (χ1) is 11.0. The third-order valence-electron chi connectivity index (χ3n) is 4.52. The molecule has 2 rings (SSSR count). The summed E-state index contributed by atoms with van der Waals surface area (Å²) in [7, 11) is 7.22. The molecule has 1 aliphatic heterocycles. The van der Waals surface area contributed by atoms with Crippen molar-refractivity contribution in [1.29, 1.82) is 0 Å². The zero-order valence-corrected chi connectivity index (χ0v) is 15.0. The summed E-state index contributed by atoms with van der Waals surface area (Å²) in [5.74, 6) is 0.683. The molecule has 1 amide bonds. The van der Waals surface area contributed by atoms with Crippen LogP contribution in [-0.4, -0.2) is 69.3 Å². The van der Waals surface area contributed by atoms with E-state index in [0.29, 0.717) is 23.4 Å². The zero-order valence-electron chi connectivity index (χ0n) is 14.2. The Kier molecular flexibility index (Phi) is 6.27. The van der Waals surface area contributed by atoms with E-state index in [4.69, 9.17) is 21.1 Å². The number of amides is 1. The first kappa shape index (κ1) is 18.0. The van der Waals surface area contributed by atoms with Gasteiger partial charge in [-0.3, -0.25) is 9.69 Å². The highest BCUT2D eigenvalue weighted by molar-refractivity contribution is 6.31. The highest BCUT2D eigenvalue weighted by Crippen LogP contribution is 2.27. The van der Waals surface area contributed by atoms with Gasteiger partial charge in [-0.2, -0.15) is 0 Å². The van der Waals surface area contributed by atoms with Crippen LogP contribution in [-0.2, 0) is 16.0 Å². The second kappa shape index (κ2) is 7.99. The summed E-state index contributed by atoms with van der Waals surface area (Å²) >= 11 is 6.21. The molecule has 0 radical (unpaired) electrons. The summed E-state index contributed by atoms with van der Waals surface area (Å²) in [6.45, 7) is 1.59. The van der Waals surface area contributed by atoms with Gasteiger partial charge in [0, 0.05) is 43.9 Å². The van der Waals surface area contributed by atoms with Crippen molar-refractivity contribution >= 4 is 17.5 Å². The van der Waals surface area contributed by atoms with E-state index in [1.807, 2.05) is 19.2 Å². The van der Waals surface area contributed by atoms with Crippen LogP contribution in [0.3, 0.4) is 0 Å². The summed E-state index contributed by atoms with van der Waals surface area (Å²) in [5, 5.41) is 0.559. The van der Waals surface area contributed by atoms with Gasteiger partial charge in [-0.05, 0) is 25.6 Å². The maximum absolute atomic E-state index is 12.5. The average Bonchev–Trinajstić information content (AvgIpc) is 2.89. The van der Waals surface area contributed by atoms with Crippen molar-refractivity contribution in [2.24, 2.45) is 0 Å². The molecule has 1 aromatic rings. The van der Waals surface area contributed by atoms with Gasteiger partial charge in [0.2, 0.25) is 5.91 Å². The molecule has 23 heavy (non-hydrogen) atoms. The molecule has 1 aromatic carbocycles. The van der Waals surface area contributed by atoms with Crippen molar-refractivity contribution in [3.05, 3.63) is 28.8 Å². The lowest BCUT2D eigenvalue weighted by Crippen LogP contribution is -2.40. The quantitative estimate of drug-likeness (QED) is 0.795. The molecule has 0 N–H and O–H groups in total. The standard InChI is InChI=1S/C17H25ClN2O3/c1-19-11-13(22-3)8-12(19)10-20(2)17(21)9-14-15(18)6-5-7-16(14)23-4/h5-7,12-13H,8-11H2,1-4H3/t12-,13-/m0/s1. The fraction of sp³-hybridized carbons (Fsp3) is 0.588. The van der Waals surface area contributed by atoms with Crippen LogP contribution in [0.1, 0.15) is 12.0 Å². The van der Waals surface area contributed by atoms with Crippen LogP contribution in [0.15, 0.2) is 18.2 Å². The van der Waals surface area contributed by atoms with Gasteiger partial charge < -0.3 is 14.4 Å². The molecule has 0 unspecified atom stereocenters. The van der Waals surface area contributed by atoms with Crippen LogP contribution >= 0.6 is 11.6 Å². The first-order valence-corrected chi connectivity index (χ1v) is 8.12. The number of carbonyl (C=O) groups excluding carboxylic acids is 1. The van der Waals surface area contributed by atoms with E-state index < -0.39 is 0 Å². The molecule has 1 heterocycles. The molecule has 1 saturated heterocycles. The number of hydrogen-bond acceptors (Lipinski definition) is 4. The highest BCUT2D eigenvalue weighted by Gasteiger charge is 2.31. The number of likely N-dealkylation sites (tertiary alicyclic amines) is 1. The SMILES string of the molecule is COc1cccc(Cl)c1CC(=O)N(C)C[C@@H]1C[C@H](OC)CN1C. The van der Waals surface area contributed by atoms with E-state index in [1.54, 1.807) is 25.2 Å². The van der Waals surface area contributed by atoms with E-state index in [0.717, 1.165) is 18.5 Å². The summed E-state index contributed by atoms with van der Waals surface area (Å²) in [5.41, 5.74) is 0.739. The number of ether oxygens (including phenoxy) is 2. The third kappa shape index (κ3) is 4.37. The maximum atomic E-state index is 12.5. The second-order valence-corrected chi connectivity index (χ2v) is 6.47. The molecule has 0 aliphatic carbocycles. The Morgan fingerprint density at radius 1 is 1.43 bits per heavy atom. The van der Waals surface area contributed by atoms with Gasteiger partial charge in [-0.15, -0.1) is 0 Å². The number of methoxy groups -OCH3 is 2. The lowest BCUT2D eigenvalue weighted by atomic mass is 10.1. The van der Waals surface area contributed by atoms with Crippen molar-refractivity contribution in [2.45, 2.75) is 25.0 Å². The van der Waals surface area contributed by atoms with Crippen LogP contribution in [0.2, 0.25) is 5.02 Å². The molecule has 0 aromatic heterocycles. The number of carbonyl (C=O) groups is 1. The van der Waals surface area contributed by atoms with E-state index in [-0.39, 0.29) is 18.4 Å². The summed E-state index contributed by atoms with van der Waals surface area (Å²) < 4.78 is 10.7. The maximum Gasteiger partial charge on any atom is 0.226 e. The average molecular weight is 341 g/mol. The van der Waals surface area contributed by atoms with E-state index in [9.17, 15) is 4.79 Å². The van der Waals surface area contributed by atoms with E-state index >= 15 is 0 Å². The van der Waals surface area contributed by atoms with Crippen LogP contribution in [0, 0.1) is 0 Å². The molecule has 6 heteroatoms. The minimum absolute atomic E-state index is 0.0330. The van der Waals surface area contributed by atoms with Gasteiger partial charge >= 0.3 is 0 Å². The van der Waals surface area contributed by atoms with E-state index in [2.05, 4.69) is 11.9 Å².